The van der Waals surface area contributed by atoms with Crippen LogP contribution < -0.4 is 10.6 Å². The summed E-state index contributed by atoms with van der Waals surface area (Å²) in [6.07, 6.45) is 6.05. The molecule has 0 amide bonds. The van der Waals surface area contributed by atoms with Crippen LogP contribution in [0.3, 0.4) is 0 Å². The molecule has 3 heterocycles. The molecule has 1 saturated carbocycles. The van der Waals surface area contributed by atoms with Crippen LogP contribution in [0.4, 0.5) is 5.82 Å². The van der Waals surface area contributed by atoms with Gasteiger partial charge in [-0.15, -0.1) is 0 Å². The Morgan fingerprint density at radius 2 is 2.15 bits per heavy atom. The summed E-state index contributed by atoms with van der Waals surface area (Å²) in [5, 5.41) is 0.996. The highest BCUT2D eigenvalue weighted by molar-refractivity contribution is 7.89. The Morgan fingerprint density at radius 1 is 1.35 bits per heavy atom. The predicted octanol–water partition coefficient (Wildman–Crippen LogP) is 0.783. The number of aromatic amines is 1. The van der Waals surface area contributed by atoms with Crippen molar-refractivity contribution in [1.29, 1.82) is 0 Å². The van der Waals surface area contributed by atoms with Crippen LogP contribution in [0.2, 0.25) is 0 Å². The summed E-state index contributed by atoms with van der Waals surface area (Å²) < 4.78 is 26.9. The van der Waals surface area contributed by atoms with Crippen molar-refractivity contribution in [2.45, 2.75) is 25.3 Å². The molecule has 0 unspecified atom stereocenters. The minimum absolute atomic E-state index is 0.216. The highest BCUT2D eigenvalue weighted by Crippen LogP contribution is 2.36. The predicted molar refractivity (Wildman–Crippen MR) is 101 cm³/mol. The molecule has 0 radical (unpaired) electrons. The molecule has 1 aliphatic heterocycles. The van der Waals surface area contributed by atoms with Gasteiger partial charge in [-0.3, -0.25) is 0 Å². The lowest BCUT2D eigenvalue weighted by Crippen LogP contribution is -2.46. The van der Waals surface area contributed by atoms with E-state index in [1.54, 1.807) is 10.6 Å². The number of hydrogen-bond donors (Lipinski definition) is 2. The molecule has 0 aromatic carbocycles. The van der Waals surface area contributed by atoms with Gasteiger partial charge in [0.25, 0.3) is 0 Å². The number of anilines is 1. The van der Waals surface area contributed by atoms with Crippen molar-refractivity contribution >= 4 is 26.9 Å². The number of sulfonamides is 1. The van der Waals surface area contributed by atoms with Gasteiger partial charge in [0.2, 0.25) is 10.0 Å². The van der Waals surface area contributed by atoms with Gasteiger partial charge in [-0.25, -0.2) is 22.7 Å². The maximum Gasteiger partial charge on any atom is 0.214 e. The second kappa shape index (κ2) is 6.79. The molecule has 2 aliphatic rings. The Balaban J connectivity index is 1.36. The molecule has 9 heteroatoms. The largest absolute Gasteiger partial charge is 0.356 e. The first-order chi connectivity index (χ1) is 12.5. The summed E-state index contributed by atoms with van der Waals surface area (Å²) in [6.45, 7) is 1.77. The summed E-state index contributed by atoms with van der Waals surface area (Å²) >= 11 is 0. The van der Waals surface area contributed by atoms with Crippen LogP contribution in [0.5, 0.6) is 0 Å². The fourth-order valence-corrected chi connectivity index (χ4v) is 6.01. The van der Waals surface area contributed by atoms with Crippen molar-refractivity contribution < 1.29 is 8.42 Å². The van der Waals surface area contributed by atoms with Crippen molar-refractivity contribution in [3.8, 4) is 0 Å². The number of nitrogens with two attached hydrogens (primary N) is 1. The Kier molecular flexibility index (Phi) is 4.62. The van der Waals surface area contributed by atoms with E-state index in [1.807, 2.05) is 19.3 Å². The molecule has 1 atom stereocenters. The minimum Gasteiger partial charge on any atom is -0.356 e. The summed E-state index contributed by atoms with van der Waals surface area (Å²) in [5.74, 6) is 1.67. The molecule has 2 fully saturated rings. The van der Waals surface area contributed by atoms with Crippen LogP contribution in [0.1, 0.15) is 19.3 Å². The molecule has 2 aromatic heterocycles. The molecular formula is C17H26N6O2S. The lowest BCUT2D eigenvalue weighted by molar-refractivity contribution is 0.278. The Hall–Kier alpha value is -1.71. The first kappa shape index (κ1) is 17.7. The summed E-state index contributed by atoms with van der Waals surface area (Å²) in [4.78, 5) is 13.9. The molecule has 4 rings (SSSR count). The van der Waals surface area contributed by atoms with Gasteiger partial charge in [0.05, 0.1) is 11.1 Å². The smallest absolute Gasteiger partial charge is 0.214 e. The van der Waals surface area contributed by atoms with E-state index in [1.165, 1.54) is 0 Å². The molecule has 8 nitrogen and oxygen atoms in total. The Bertz CT molecular complexity index is 876. The van der Waals surface area contributed by atoms with Crippen LogP contribution in [-0.4, -0.2) is 66.2 Å². The molecule has 26 heavy (non-hydrogen) atoms. The summed E-state index contributed by atoms with van der Waals surface area (Å²) in [7, 11) is -1.15. The summed E-state index contributed by atoms with van der Waals surface area (Å²) in [5.41, 5.74) is 6.50. The first-order valence-corrected chi connectivity index (χ1v) is 10.8. The number of hydrogen-bond acceptors (Lipinski definition) is 6. The summed E-state index contributed by atoms with van der Waals surface area (Å²) in [6, 6.07) is 2.29. The van der Waals surface area contributed by atoms with E-state index >= 15 is 0 Å². The minimum atomic E-state index is -3.17. The third-order valence-corrected chi connectivity index (χ3v) is 7.86. The molecule has 3 N–H and O–H groups in total. The zero-order valence-corrected chi connectivity index (χ0v) is 15.8. The van der Waals surface area contributed by atoms with Crippen LogP contribution in [-0.2, 0) is 10.0 Å². The number of fused-ring (bicyclic) bond motifs is 1. The van der Waals surface area contributed by atoms with Gasteiger partial charge in [0.15, 0.2) is 0 Å². The van der Waals surface area contributed by atoms with Gasteiger partial charge in [-0.05, 0) is 43.7 Å². The second-order valence-electron chi connectivity index (χ2n) is 7.57. The average Bonchev–Trinajstić information content (AvgIpc) is 3.25. The van der Waals surface area contributed by atoms with E-state index in [0.717, 1.165) is 36.1 Å². The van der Waals surface area contributed by atoms with E-state index < -0.39 is 10.0 Å². The Labute approximate surface area is 153 Å². The second-order valence-corrected chi connectivity index (χ2v) is 9.58. The van der Waals surface area contributed by atoms with Gasteiger partial charge in [-0.1, -0.05) is 0 Å². The third-order valence-electron chi connectivity index (χ3n) is 5.85. The van der Waals surface area contributed by atoms with Crippen LogP contribution in [0.15, 0.2) is 18.6 Å². The van der Waals surface area contributed by atoms with E-state index in [9.17, 15) is 8.42 Å². The first-order valence-electron chi connectivity index (χ1n) is 9.16. The van der Waals surface area contributed by atoms with Gasteiger partial charge in [-0.2, -0.15) is 0 Å². The normalized spacial score (nSPS) is 26.9. The highest BCUT2D eigenvalue weighted by atomic mass is 32.2. The van der Waals surface area contributed by atoms with Gasteiger partial charge in [0, 0.05) is 32.4 Å². The molecule has 0 spiro atoms. The third kappa shape index (κ3) is 3.19. The number of rotatable bonds is 6. The van der Waals surface area contributed by atoms with Gasteiger partial charge < -0.3 is 15.6 Å². The van der Waals surface area contributed by atoms with Crippen LogP contribution in [0.25, 0.3) is 11.0 Å². The number of nitrogens with zero attached hydrogens (tertiary/aromatic N) is 4. The van der Waals surface area contributed by atoms with Crippen molar-refractivity contribution in [3.63, 3.8) is 0 Å². The zero-order chi connectivity index (χ0) is 18.3. The Morgan fingerprint density at radius 3 is 2.88 bits per heavy atom. The van der Waals surface area contributed by atoms with E-state index in [2.05, 4.69) is 19.9 Å². The SMILES string of the molecule is CN(c1ncnc2[nH]ccc12)[C@H]1C[C@@H](CS(=O)(=O)N2CC[C@H](CN)C2)C1. The monoisotopic (exact) mass is 378 g/mol. The van der Waals surface area contributed by atoms with Crippen molar-refractivity contribution in [2.24, 2.45) is 17.6 Å². The van der Waals surface area contributed by atoms with Crippen molar-refractivity contribution in [1.82, 2.24) is 19.3 Å². The van der Waals surface area contributed by atoms with Crippen LogP contribution in [0, 0.1) is 11.8 Å². The lowest BCUT2D eigenvalue weighted by Gasteiger charge is -2.42. The maximum absolute atomic E-state index is 12.6. The van der Waals surface area contributed by atoms with Gasteiger partial charge in [0.1, 0.15) is 17.8 Å². The topological polar surface area (TPSA) is 108 Å². The van der Waals surface area contributed by atoms with Gasteiger partial charge >= 0.3 is 0 Å². The molecule has 142 valence electrons. The standard InChI is InChI=1S/C17H26N6O2S/c1-22(17-15-2-4-19-16(15)20-11-21-17)14-6-13(7-14)10-26(24,25)23-5-3-12(8-18)9-23/h2,4,11-14H,3,5-10,18H2,1H3,(H,19,20,21)/t12-,13-,14+/m1/s1. The molecule has 0 bridgehead atoms. The quantitative estimate of drug-likeness (QED) is 0.769. The molecule has 2 aromatic rings. The lowest BCUT2D eigenvalue weighted by atomic mass is 9.81. The fourth-order valence-electron chi connectivity index (χ4n) is 4.11. The highest BCUT2D eigenvalue weighted by Gasteiger charge is 2.39. The molecule has 1 saturated heterocycles. The maximum atomic E-state index is 12.6. The number of H-pyrrole nitrogens is 1. The van der Waals surface area contributed by atoms with Crippen molar-refractivity contribution in [3.05, 3.63) is 18.6 Å². The molecule has 1 aliphatic carbocycles. The number of nitrogens with one attached hydrogen (secondary N) is 1. The molecular weight excluding hydrogens is 352 g/mol. The zero-order valence-electron chi connectivity index (χ0n) is 15.0. The van der Waals surface area contributed by atoms with E-state index in [0.29, 0.717) is 31.6 Å². The average molecular weight is 379 g/mol. The van der Waals surface area contributed by atoms with E-state index in [-0.39, 0.29) is 11.7 Å². The fraction of sp³-hybridized carbons (Fsp3) is 0.647. The van der Waals surface area contributed by atoms with E-state index in [4.69, 9.17) is 5.73 Å². The van der Waals surface area contributed by atoms with Crippen molar-refractivity contribution in [2.75, 3.05) is 37.3 Å². The number of aromatic nitrogens is 3. The van der Waals surface area contributed by atoms with Crippen LogP contribution >= 0.6 is 0 Å².